The third-order valence-corrected chi connectivity index (χ3v) is 12.7. The Kier molecular flexibility index (Phi) is 18.4. The van der Waals surface area contributed by atoms with Gasteiger partial charge in [0.15, 0.2) is 0 Å². The van der Waals surface area contributed by atoms with Gasteiger partial charge in [-0.1, -0.05) is 12.1 Å². The molecule has 4 aromatic heterocycles. The van der Waals surface area contributed by atoms with E-state index < -0.39 is 29.9 Å². The van der Waals surface area contributed by atoms with Crippen molar-refractivity contribution in [2.24, 2.45) is 0 Å². The second-order valence-electron chi connectivity index (χ2n) is 13.9. The van der Waals surface area contributed by atoms with E-state index in [1.54, 1.807) is 49.6 Å². The fraction of sp³-hybridized carbons (Fsp3) is 0.182. The fourth-order valence-corrected chi connectivity index (χ4v) is 9.95. The fourth-order valence-electron chi connectivity index (χ4n) is 6.04. The number of aliphatic hydroxyl groups excluding tert-OH is 4. The van der Waals surface area contributed by atoms with Crippen LogP contribution in [0.25, 0.3) is 65.2 Å². The van der Waals surface area contributed by atoms with Crippen LogP contribution in [-0.2, 0) is 40.0 Å². The number of aliphatic hydroxyl groups is 4. The average Bonchev–Trinajstić information content (AvgIpc) is 4.01. The Bertz CT molecular complexity index is 3150. The van der Waals surface area contributed by atoms with E-state index in [9.17, 15) is 35.8 Å². The molecule has 0 saturated carbocycles. The van der Waals surface area contributed by atoms with E-state index in [-0.39, 0.29) is 49.3 Å². The molecule has 0 aliphatic rings. The van der Waals surface area contributed by atoms with Crippen molar-refractivity contribution in [3.8, 4) is 11.5 Å². The van der Waals surface area contributed by atoms with Gasteiger partial charge in [0.1, 0.15) is 31.5 Å². The minimum Gasteiger partial charge on any atom is -0.513 e. The van der Waals surface area contributed by atoms with Gasteiger partial charge in [0.2, 0.25) is 11.5 Å². The molecule has 23 heteroatoms. The maximum Gasteiger partial charge on any atom is 0.448 e. The molecule has 0 unspecified atom stereocenters. The molecule has 8 aromatic rings. The number of rotatable bonds is 8. The number of hydrogen-bond acceptors (Lipinski definition) is 14. The molecule has 0 bridgehead atoms. The normalized spacial score (nSPS) is 12.6. The minimum absolute atomic E-state index is 0. The molecule has 4 heterocycles. The summed E-state index contributed by atoms with van der Waals surface area (Å²) in [5.74, 6) is -1.71. The first kappa shape index (κ1) is 54.3. The molecule has 0 atom stereocenters. The van der Waals surface area contributed by atoms with Gasteiger partial charge in [-0.15, -0.1) is 45.3 Å². The average molecular weight is 1090 g/mol. The van der Waals surface area contributed by atoms with E-state index in [2.05, 4.69) is 19.9 Å². The third kappa shape index (κ3) is 14.4. The summed E-state index contributed by atoms with van der Waals surface area (Å²) < 4.78 is 101. The van der Waals surface area contributed by atoms with Crippen molar-refractivity contribution >= 4 is 111 Å². The molecule has 4 N–H and O–H groups in total. The molecule has 2 radical (unpaired) electrons. The van der Waals surface area contributed by atoms with Crippen molar-refractivity contribution in [2.45, 2.75) is 39.5 Å². The third-order valence-electron chi connectivity index (χ3n) is 8.83. The van der Waals surface area contributed by atoms with E-state index in [1.807, 2.05) is 56.3 Å². The van der Waals surface area contributed by atoms with E-state index in [1.165, 1.54) is 18.4 Å². The summed E-state index contributed by atoms with van der Waals surface area (Å²) in [6, 6.07) is 17.2. The molecular formula is C44H35Co2F7N4O6S4. The zero-order valence-corrected chi connectivity index (χ0v) is 40.5. The van der Waals surface area contributed by atoms with Gasteiger partial charge in [0, 0.05) is 70.0 Å². The first-order valence-corrected chi connectivity index (χ1v) is 21.9. The summed E-state index contributed by atoms with van der Waals surface area (Å²) in [7, 11) is 3.12. The molecule has 0 saturated heterocycles. The summed E-state index contributed by atoms with van der Waals surface area (Å²) in [5, 5.41) is 37.4. The Hall–Kier alpha value is -5.28. The Morgan fingerprint density at radius 2 is 0.925 bits per heavy atom. The standard InChI is InChI=1S/C22H16F4N2O2S2.C11H8F3NO2S.C11H11NO2S.2Co/c1-10-3-12(6-14-20(10)27-18(31-14)8-16(29)22(24,25)26)5-13-4-11(2)21-15(7-13)32-19(28-21)9-17(23)30;1-17-6-2-3-8-7(4-6)15-10(18-8)5-9(16)11(12,13)14;1-7(13)5-11-12-9-6-8(14-2)3-4-10(9)15-11;;/h3-4,6-9,29-30H,5H2,1-2H3;2-5,16H,1H3;3-6,13H,1-2H3;;/b16-8-,17-9-;9-5-;7-5-;;. The summed E-state index contributed by atoms with van der Waals surface area (Å²) in [4.78, 5) is 16.9. The predicted octanol–water partition coefficient (Wildman–Crippen LogP) is 14.4. The number of methoxy groups -OCH3 is 2. The molecular weight excluding hydrogens is 1060 g/mol. The number of hydrogen-bond donors (Lipinski definition) is 4. The van der Waals surface area contributed by atoms with Crippen LogP contribution in [0.1, 0.15) is 49.2 Å². The molecule has 67 heavy (non-hydrogen) atoms. The predicted molar refractivity (Wildman–Crippen MR) is 245 cm³/mol. The van der Waals surface area contributed by atoms with Crippen molar-refractivity contribution < 1.29 is 94.2 Å². The van der Waals surface area contributed by atoms with Gasteiger partial charge in [-0.3, -0.25) is 0 Å². The summed E-state index contributed by atoms with van der Waals surface area (Å²) >= 11 is 4.94. The molecule has 0 aliphatic carbocycles. The summed E-state index contributed by atoms with van der Waals surface area (Å²) in [6.45, 7) is 5.37. The first-order valence-electron chi connectivity index (χ1n) is 18.7. The van der Waals surface area contributed by atoms with Crippen molar-refractivity contribution in [2.75, 3.05) is 14.2 Å². The number of alkyl halides is 6. The molecule has 0 fully saturated rings. The van der Waals surface area contributed by atoms with Gasteiger partial charge in [-0.2, -0.15) is 30.7 Å². The summed E-state index contributed by atoms with van der Waals surface area (Å²) in [5.41, 5.74) is 6.44. The molecule has 0 spiro atoms. The topological polar surface area (TPSA) is 151 Å². The number of allylic oxidation sites excluding steroid dienone is 3. The van der Waals surface area contributed by atoms with E-state index in [4.69, 9.17) is 24.8 Å². The van der Waals surface area contributed by atoms with E-state index in [0.29, 0.717) is 40.4 Å². The van der Waals surface area contributed by atoms with Crippen LogP contribution in [0.4, 0.5) is 30.7 Å². The van der Waals surface area contributed by atoms with Crippen molar-refractivity contribution in [3.63, 3.8) is 0 Å². The zero-order valence-electron chi connectivity index (χ0n) is 35.1. The van der Waals surface area contributed by atoms with Crippen LogP contribution in [0.5, 0.6) is 11.5 Å². The van der Waals surface area contributed by atoms with Gasteiger partial charge in [0.25, 0.3) is 6.01 Å². The zero-order chi connectivity index (χ0) is 47.4. The number of aromatic nitrogens is 4. The number of halogens is 7. The van der Waals surface area contributed by atoms with Crippen molar-refractivity contribution in [1.29, 1.82) is 0 Å². The molecule has 358 valence electrons. The van der Waals surface area contributed by atoms with Crippen LogP contribution in [-0.4, -0.2) is 66.9 Å². The monoisotopic (exact) mass is 1090 g/mol. The van der Waals surface area contributed by atoms with Crippen LogP contribution >= 0.6 is 45.3 Å². The van der Waals surface area contributed by atoms with Crippen LogP contribution in [0.3, 0.4) is 0 Å². The van der Waals surface area contributed by atoms with Crippen LogP contribution in [0, 0.1) is 13.8 Å². The number of benzene rings is 4. The Morgan fingerprint density at radius 1 is 0.552 bits per heavy atom. The van der Waals surface area contributed by atoms with Gasteiger partial charge in [-0.05, 0) is 85.8 Å². The van der Waals surface area contributed by atoms with Gasteiger partial charge in [0.05, 0.1) is 60.8 Å². The largest absolute Gasteiger partial charge is 0.513 e. The smallest absolute Gasteiger partial charge is 0.448 e. The van der Waals surface area contributed by atoms with Gasteiger partial charge < -0.3 is 29.9 Å². The Labute approximate surface area is 413 Å². The van der Waals surface area contributed by atoms with Crippen molar-refractivity contribution in [1.82, 2.24) is 19.9 Å². The second kappa shape index (κ2) is 22.7. The van der Waals surface area contributed by atoms with E-state index >= 15 is 0 Å². The quantitative estimate of drug-likeness (QED) is 0.0855. The number of fused-ring (bicyclic) bond motifs is 4. The SMILES string of the molecule is COc1ccc2sc(/C=C(/C)O)nc2c1.COc1ccc2sc(/C=C(\O)C(F)(F)F)nc2c1.Cc1cc(Cc2cc(C)c3nc(/C=C(\O)F)sc3c2)cc2sc(/C=C(\O)C(F)(F)F)nc12.[Co].[Co]. The van der Waals surface area contributed by atoms with Crippen LogP contribution < -0.4 is 9.47 Å². The minimum atomic E-state index is -4.82. The molecule has 4 aromatic carbocycles. The van der Waals surface area contributed by atoms with Gasteiger partial charge in [-0.25, -0.2) is 19.9 Å². The number of thiazole rings is 4. The van der Waals surface area contributed by atoms with E-state index in [0.717, 1.165) is 91.6 Å². The molecule has 0 aliphatic heterocycles. The Morgan fingerprint density at radius 3 is 1.30 bits per heavy atom. The maximum absolute atomic E-state index is 12.8. The number of ether oxygens (including phenoxy) is 2. The molecule has 0 amide bonds. The Balaban J connectivity index is 0.000000237. The van der Waals surface area contributed by atoms with Crippen LogP contribution in [0.2, 0.25) is 0 Å². The number of aryl methyl sites for hydroxylation is 2. The second-order valence-corrected chi connectivity index (χ2v) is 18.1. The molecule has 10 nitrogen and oxygen atoms in total. The first-order chi connectivity index (χ1) is 30.6. The number of nitrogens with zero attached hydrogens (tertiary/aromatic N) is 4. The molecule has 8 rings (SSSR count). The maximum atomic E-state index is 12.8. The van der Waals surface area contributed by atoms with Gasteiger partial charge >= 0.3 is 12.4 Å². The van der Waals surface area contributed by atoms with Crippen molar-refractivity contribution in [3.05, 3.63) is 126 Å². The van der Waals surface area contributed by atoms with Crippen LogP contribution in [0.15, 0.2) is 84.0 Å². The summed E-state index contributed by atoms with van der Waals surface area (Å²) in [6.07, 6.45) is -5.14.